The molecule has 4 heterocycles. The molecule has 8 nitrogen and oxygen atoms in total. The number of halogens is 1. The Morgan fingerprint density at radius 1 is 1.10 bits per heavy atom. The van der Waals surface area contributed by atoms with E-state index in [1.807, 2.05) is 22.9 Å². The molecule has 0 radical (unpaired) electrons. The number of fused-ring (bicyclic) bond motifs is 1. The van der Waals surface area contributed by atoms with Crippen molar-refractivity contribution < 1.29 is 0 Å². The van der Waals surface area contributed by atoms with Gasteiger partial charge in [-0.05, 0) is 17.3 Å². The first-order chi connectivity index (χ1) is 10.3. The van der Waals surface area contributed by atoms with Gasteiger partial charge < -0.3 is 4.40 Å². The summed E-state index contributed by atoms with van der Waals surface area (Å²) < 4.78 is 1.84. The lowest BCUT2D eigenvalue weighted by atomic mass is 10.2. The topological polar surface area (TPSA) is 97.5 Å². The van der Waals surface area contributed by atoms with Crippen LogP contribution in [-0.2, 0) is 0 Å². The molecule has 21 heavy (non-hydrogen) atoms. The van der Waals surface area contributed by atoms with Crippen LogP contribution in [0, 0.1) is 0 Å². The number of pyridine rings is 1. The minimum absolute atomic E-state index is 0.411. The normalized spacial score (nSPS) is 11.1. The molecular weight excluding hydrogens is 292 g/mol. The van der Waals surface area contributed by atoms with Crippen LogP contribution in [0.3, 0.4) is 0 Å². The second kappa shape index (κ2) is 4.60. The predicted molar refractivity (Wildman–Crippen MR) is 74.4 cm³/mol. The maximum absolute atomic E-state index is 6.23. The van der Waals surface area contributed by atoms with Crippen molar-refractivity contribution in [3.8, 4) is 22.8 Å². The highest BCUT2D eigenvalue weighted by Gasteiger charge is 2.10. The van der Waals surface area contributed by atoms with Crippen LogP contribution in [0.25, 0.3) is 28.4 Å². The smallest absolute Gasteiger partial charge is 0.223 e. The van der Waals surface area contributed by atoms with E-state index in [1.165, 1.54) is 6.33 Å². The predicted octanol–water partition coefficient (Wildman–Crippen LogP) is 1.62. The monoisotopic (exact) mass is 298 g/mol. The van der Waals surface area contributed by atoms with E-state index in [2.05, 4.69) is 35.6 Å². The van der Waals surface area contributed by atoms with Gasteiger partial charge in [-0.3, -0.25) is 0 Å². The molecule has 0 amide bonds. The van der Waals surface area contributed by atoms with Gasteiger partial charge in [0.15, 0.2) is 5.65 Å². The zero-order valence-electron chi connectivity index (χ0n) is 10.5. The van der Waals surface area contributed by atoms with Gasteiger partial charge in [0.25, 0.3) is 0 Å². The second-order valence-corrected chi connectivity index (χ2v) is 4.67. The first-order valence-electron chi connectivity index (χ1n) is 6.00. The van der Waals surface area contributed by atoms with Crippen LogP contribution in [0.2, 0.25) is 5.02 Å². The summed E-state index contributed by atoms with van der Waals surface area (Å²) in [6.07, 6.45) is 6.87. The van der Waals surface area contributed by atoms with Gasteiger partial charge in [-0.2, -0.15) is 5.21 Å². The van der Waals surface area contributed by atoms with Gasteiger partial charge >= 0.3 is 0 Å². The largest absolute Gasteiger partial charge is 0.305 e. The van der Waals surface area contributed by atoms with Crippen molar-refractivity contribution in [1.82, 2.24) is 40.0 Å². The van der Waals surface area contributed by atoms with Crippen molar-refractivity contribution in [3.05, 3.63) is 42.1 Å². The first-order valence-corrected chi connectivity index (χ1v) is 6.37. The summed E-state index contributed by atoms with van der Waals surface area (Å²) in [5.41, 5.74) is 2.84. The van der Waals surface area contributed by atoms with E-state index in [1.54, 1.807) is 12.3 Å². The van der Waals surface area contributed by atoms with E-state index < -0.39 is 0 Å². The van der Waals surface area contributed by atoms with Gasteiger partial charge in [0, 0.05) is 24.2 Å². The highest BCUT2D eigenvalue weighted by Crippen LogP contribution is 2.25. The molecule has 0 saturated heterocycles. The number of tetrazole rings is 1. The molecule has 0 unspecified atom stereocenters. The summed E-state index contributed by atoms with van der Waals surface area (Å²) in [6, 6.07) is 3.59. The number of hydrogen-bond acceptors (Lipinski definition) is 6. The zero-order chi connectivity index (χ0) is 14.2. The van der Waals surface area contributed by atoms with Crippen molar-refractivity contribution in [1.29, 1.82) is 0 Å². The van der Waals surface area contributed by atoms with E-state index in [0.717, 1.165) is 5.56 Å². The number of rotatable bonds is 2. The first kappa shape index (κ1) is 11.9. The van der Waals surface area contributed by atoms with E-state index in [9.17, 15) is 0 Å². The van der Waals surface area contributed by atoms with Gasteiger partial charge in [-0.25, -0.2) is 15.0 Å². The number of aromatic amines is 1. The average Bonchev–Trinajstić information content (AvgIpc) is 3.19. The van der Waals surface area contributed by atoms with Gasteiger partial charge in [0.2, 0.25) is 5.82 Å². The summed E-state index contributed by atoms with van der Waals surface area (Å²) in [5, 5.41) is 14.3. The number of imidazole rings is 1. The van der Waals surface area contributed by atoms with Crippen LogP contribution in [0.1, 0.15) is 0 Å². The molecule has 0 spiro atoms. The summed E-state index contributed by atoms with van der Waals surface area (Å²) in [4.78, 5) is 12.6. The fourth-order valence-corrected chi connectivity index (χ4v) is 2.30. The Labute approximate surface area is 122 Å². The van der Waals surface area contributed by atoms with Crippen LogP contribution >= 0.6 is 11.6 Å². The number of hydrogen-bond donors (Lipinski definition) is 1. The lowest BCUT2D eigenvalue weighted by Crippen LogP contribution is -1.93. The number of nitrogens with zero attached hydrogens (tertiary/aromatic N) is 7. The van der Waals surface area contributed by atoms with Crippen LogP contribution < -0.4 is 0 Å². The van der Waals surface area contributed by atoms with Crippen molar-refractivity contribution in [3.63, 3.8) is 0 Å². The molecule has 0 aliphatic carbocycles. The molecule has 0 saturated carbocycles. The van der Waals surface area contributed by atoms with Crippen molar-refractivity contribution in [2.75, 3.05) is 0 Å². The van der Waals surface area contributed by atoms with Gasteiger partial charge in [0.05, 0.1) is 10.7 Å². The van der Waals surface area contributed by atoms with E-state index in [-0.39, 0.29) is 0 Å². The van der Waals surface area contributed by atoms with Crippen LogP contribution in [0.15, 0.2) is 37.1 Å². The van der Waals surface area contributed by atoms with Gasteiger partial charge in [-0.1, -0.05) is 11.6 Å². The number of aromatic nitrogens is 8. The highest BCUT2D eigenvalue weighted by atomic mass is 35.5. The Bertz CT molecular complexity index is 914. The fourth-order valence-electron chi connectivity index (χ4n) is 2.04. The summed E-state index contributed by atoms with van der Waals surface area (Å²) in [6.45, 7) is 0. The van der Waals surface area contributed by atoms with Gasteiger partial charge in [-0.15, -0.1) is 10.2 Å². The molecular formula is C12H7ClN8. The molecule has 4 aromatic rings. The minimum Gasteiger partial charge on any atom is -0.305 e. The zero-order valence-corrected chi connectivity index (χ0v) is 11.2. The molecule has 9 heteroatoms. The quantitative estimate of drug-likeness (QED) is 0.604. The second-order valence-electron chi connectivity index (χ2n) is 4.26. The molecule has 0 atom stereocenters. The van der Waals surface area contributed by atoms with Crippen molar-refractivity contribution in [2.24, 2.45) is 0 Å². The SMILES string of the molecule is Clc1cc(-c2cc(-c3nn[nH]n3)ncn2)cn2ccnc12. The molecule has 0 aliphatic heterocycles. The summed E-state index contributed by atoms with van der Waals surface area (Å²) in [7, 11) is 0. The van der Waals surface area contributed by atoms with E-state index in [0.29, 0.717) is 27.9 Å². The number of nitrogens with one attached hydrogen (secondary N) is 1. The molecule has 0 bridgehead atoms. The van der Waals surface area contributed by atoms with E-state index in [4.69, 9.17) is 11.6 Å². The molecule has 0 fully saturated rings. The molecule has 4 rings (SSSR count). The van der Waals surface area contributed by atoms with Crippen LogP contribution in [0.5, 0.6) is 0 Å². The Hall–Kier alpha value is -2.87. The lowest BCUT2D eigenvalue weighted by molar-refractivity contribution is 0.881. The minimum atomic E-state index is 0.411. The van der Waals surface area contributed by atoms with Crippen LogP contribution in [0.4, 0.5) is 0 Å². The fraction of sp³-hybridized carbons (Fsp3) is 0. The lowest BCUT2D eigenvalue weighted by Gasteiger charge is -2.04. The standard InChI is InChI=1S/C12H7ClN8/c13-8-3-7(5-21-2-1-14-12(8)21)9-4-10(16-6-15-9)11-17-19-20-18-11/h1-6H,(H,17,18,19,20). The molecule has 0 aromatic carbocycles. The molecule has 1 N–H and O–H groups in total. The third-order valence-corrected chi connectivity index (χ3v) is 3.26. The highest BCUT2D eigenvalue weighted by molar-refractivity contribution is 6.33. The maximum atomic E-state index is 6.23. The molecule has 0 aliphatic rings. The third kappa shape index (κ3) is 2.01. The summed E-state index contributed by atoms with van der Waals surface area (Å²) in [5.74, 6) is 0.411. The average molecular weight is 299 g/mol. The Morgan fingerprint density at radius 3 is 2.86 bits per heavy atom. The maximum Gasteiger partial charge on any atom is 0.223 e. The Kier molecular flexibility index (Phi) is 2.61. The van der Waals surface area contributed by atoms with Gasteiger partial charge in [0.1, 0.15) is 12.0 Å². The van der Waals surface area contributed by atoms with Crippen LogP contribution in [-0.4, -0.2) is 40.0 Å². The van der Waals surface area contributed by atoms with E-state index >= 15 is 0 Å². The Morgan fingerprint density at radius 2 is 2.00 bits per heavy atom. The Balaban J connectivity index is 1.86. The van der Waals surface area contributed by atoms with Crippen molar-refractivity contribution in [2.45, 2.75) is 0 Å². The molecule has 4 aromatic heterocycles. The van der Waals surface area contributed by atoms with Crippen molar-refractivity contribution >= 4 is 17.2 Å². The summed E-state index contributed by atoms with van der Waals surface area (Å²) >= 11 is 6.23. The number of H-pyrrole nitrogens is 1. The molecule has 102 valence electrons. The third-order valence-electron chi connectivity index (χ3n) is 2.98.